The van der Waals surface area contributed by atoms with E-state index in [0.717, 1.165) is 50.1 Å². The van der Waals surface area contributed by atoms with Crippen molar-refractivity contribution in [2.45, 2.75) is 33.0 Å². The molecule has 0 radical (unpaired) electrons. The predicted octanol–water partition coefficient (Wildman–Crippen LogP) is 2.90. The van der Waals surface area contributed by atoms with Gasteiger partial charge in [0.25, 0.3) is 0 Å². The van der Waals surface area contributed by atoms with Crippen molar-refractivity contribution in [2.75, 3.05) is 38.2 Å². The van der Waals surface area contributed by atoms with Crippen LogP contribution in [0.5, 0.6) is 0 Å². The number of nitrogens with one attached hydrogen (secondary N) is 1. The SMILES string of the molecule is CCNC(=NCc1ccc(N2CCOC(C)C2)nc1)N(C)Cc1ccccc1. The highest BCUT2D eigenvalue weighted by Crippen LogP contribution is 2.16. The van der Waals surface area contributed by atoms with Crippen molar-refractivity contribution in [3.05, 3.63) is 59.8 Å². The van der Waals surface area contributed by atoms with Gasteiger partial charge in [-0.05, 0) is 31.0 Å². The van der Waals surface area contributed by atoms with Gasteiger partial charge in [0.15, 0.2) is 5.96 Å². The molecule has 1 aliphatic heterocycles. The Morgan fingerprint density at radius 1 is 1.25 bits per heavy atom. The highest BCUT2D eigenvalue weighted by atomic mass is 16.5. The first-order chi connectivity index (χ1) is 13.7. The molecule has 1 N–H and O–H groups in total. The van der Waals surface area contributed by atoms with Gasteiger partial charge in [0.2, 0.25) is 0 Å². The van der Waals surface area contributed by atoms with Crippen LogP contribution >= 0.6 is 0 Å². The van der Waals surface area contributed by atoms with Crippen LogP contribution in [0.25, 0.3) is 0 Å². The molecule has 1 aliphatic rings. The van der Waals surface area contributed by atoms with Gasteiger partial charge in [-0.15, -0.1) is 0 Å². The summed E-state index contributed by atoms with van der Waals surface area (Å²) in [6.07, 6.45) is 2.18. The lowest BCUT2D eigenvalue weighted by molar-refractivity contribution is 0.0529. The van der Waals surface area contributed by atoms with E-state index in [1.54, 1.807) is 0 Å². The third-order valence-electron chi connectivity index (χ3n) is 4.74. The van der Waals surface area contributed by atoms with E-state index in [4.69, 9.17) is 9.73 Å². The summed E-state index contributed by atoms with van der Waals surface area (Å²) in [5.74, 6) is 1.91. The lowest BCUT2D eigenvalue weighted by Gasteiger charge is -2.32. The predicted molar refractivity (Wildman–Crippen MR) is 115 cm³/mol. The van der Waals surface area contributed by atoms with Crippen LogP contribution in [0.15, 0.2) is 53.7 Å². The van der Waals surface area contributed by atoms with Crippen molar-refractivity contribution >= 4 is 11.8 Å². The number of anilines is 1. The first-order valence-corrected chi connectivity index (χ1v) is 10.0. The third kappa shape index (κ3) is 5.70. The molecule has 2 heterocycles. The van der Waals surface area contributed by atoms with Crippen molar-refractivity contribution in [3.63, 3.8) is 0 Å². The van der Waals surface area contributed by atoms with Gasteiger partial charge in [0.05, 0.1) is 19.3 Å². The van der Waals surface area contributed by atoms with Gasteiger partial charge in [-0.25, -0.2) is 9.98 Å². The molecule has 0 spiro atoms. The van der Waals surface area contributed by atoms with E-state index in [0.29, 0.717) is 6.54 Å². The molecule has 0 saturated carbocycles. The molecule has 0 bridgehead atoms. The first kappa shape index (κ1) is 20.1. The van der Waals surface area contributed by atoms with E-state index in [2.05, 4.69) is 77.4 Å². The van der Waals surface area contributed by atoms with Crippen LogP contribution in [0, 0.1) is 0 Å². The molecule has 1 fully saturated rings. The second-order valence-electron chi connectivity index (χ2n) is 7.16. The minimum absolute atomic E-state index is 0.252. The van der Waals surface area contributed by atoms with Gasteiger partial charge >= 0.3 is 0 Å². The summed E-state index contributed by atoms with van der Waals surface area (Å²) in [6.45, 7) is 8.99. The Hall–Kier alpha value is -2.60. The summed E-state index contributed by atoms with van der Waals surface area (Å²) in [7, 11) is 2.06. The van der Waals surface area contributed by atoms with Crippen LogP contribution in [0.2, 0.25) is 0 Å². The summed E-state index contributed by atoms with van der Waals surface area (Å²) in [6, 6.07) is 14.6. The number of rotatable bonds is 6. The number of aliphatic imine (C=N–C) groups is 1. The largest absolute Gasteiger partial charge is 0.375 e. The molecule has 1 aromatic heterocycles. The number of ether oxygens (including phenoxy) is 1. The lowest BCUT2D eigenvalue weighted by Crippen LogP contribution is -2.41. The Morgan fingerprint density at radius 3 is 2.75 bits per heavy atom. The van der Waals surface area contributed by atoms with Crippen LogP contribution in [0.3, 0.4) is 0 Å². The van der Waals surface area contributed by atoms with Crippen LogP contribution in [-0.4, -0.2) is 55.2 Å². The maximum absolute atomic E-state index is 5.61. The van der Waals surface area contributed by atoms with Crippen molar-refractivity contribution < 1.29 is 4.74 Å². The van der Waals surface area contributed by atoms with E-state index in [-0.39, 0.29) is 6.10 Å². The molecule has 1 aromatic carbocycles. The minimum Gasteiger partial charge on any atom is -0.375 e. The number of aromatic nitrogens is 1. The highest BCUT2D eigenvalue weighted by Gasteiger charge is 2.17. The second-order valence-corrected chi connectivity index (χ2v) is 7.16. The molecule has 1 unspecified atom stereocenters. The molecule has 3 rings (SSSR count). The quantitative estimate of drug-likeness (QED) is 0.616. The summed E-state index contributed by atoms with van der Waals surface area (Å²) < 4.78 is 5.61. The average molecular weight is 382 g/mol. The van der Waals surface area contributed by atoms with E-state index < -0.39 is 0 Å². The van der Waals surface area contributed by atoms with Crippen LogP contribution in [0.4, 0.5) is 5.82 Å². The average Bonchev–Trinajstić information content (AvgIpc) is 2.72. The number of benzene rings is 1. The Bertz CT molecular complexity index is 747. The van der Waals surface area contributed by atoms with E-state index in [9.17, 15) is 0 Å². The topological polar surface area (TPSA) is 53.0 Å². The Labute approximate surface area is 168 Å². The third-order valence-corrected chi connectivity index (χ3v) is 4.74. The highest BCUT2D eigenvalue weighted by molar-refractivity contribution is 5.79. The summed E-state index contributed by atoms with van der Waals surface area (Å²) in [5, 5.41) is 3.37. The fourth-order valence-corrected chi connectivity index (χ4v) is 3.29. The number of pyridine rings is 1. The standard InChI is InChI=1S/C22H31N5O/c1-4-23-22(26(3)17-19-8-6-5-7-9-19)25-15-20-10-11-21(24-14-20)27-12-13-28-18(2)16-27/h5-11,14,18H,4,12-13,15-17H2,1-3H3,(H,23,25). The van der Waals surface area contributed by atoms with Crippen molar-refractivity contribution in [1.82, 2.24) is 15.2 Å². The molecule has 0 amide bonds. The number of nitrogens with zero attached hydrogens (tertiary/aromatic N) is 4. The number of hydrogen-bond acceptors (Lipinski definition) is 4. The molecule has 1 atom stereocenters. The van der Waals surface area contributed by atoms with Crippen molar-refractivity contribution in [2.24, 2.45) is 4.99 Å². The second kappa shape index (κ2) is 10.1. The normalized spacial score (nSPS) is 17.5. The van der Waals surface area contributed by atoms with Crippen LogP contribution in [0.1, 0.15) is 25.0 Å². The van der Waals surface area contributed by atoms with Crippen molar-refractivity contribution in [1.29, 1.82) is 0 Å². The number of hydrogen-bond donors (Lipinski definition) is 1. The van der Waals surface area contributed by atoms with Gasteiger partial charge in [-0.3, -0.25) is 0 Å². The first-order valence-electron chi connectivity index (χ1n) is 10.0. The van der Waals surface area contributed by atoms with Gasteiger partial charge in [0, 0.05) is 39.4 Å². The maximum Gasteiger partial charge on any atom is 0.194 e. The van der Waals surface area contributed by atoms with E-state index in [1.165, 1.54) is 5.56 Å². The monoisotopic (exact) mass is 381 g/mol. The zero-order valence-electron chi connectivity index (χ0n) is 17.1. The zero-order valence-corrected chi connectivity index (χ0v) is 17.1. The molecule has 28 heavy (non-hydrogen) atoms. The molecular weight excluding hydrogens is 350 g/mol. The smallest absolute Gasteiger partial charge is 0.194 e. The number of morpholine rings is 1. The molecular formula is C22H31N5O. The summed E-state index contributed by atoms with van der Waals surface area (Å²) >= 11 is 0. The van der Waals surface area contributed by atoms with Gasteiger partial charge < -0.3 is 19.9 Å². The van der Waals surface area contributed by atoms with Gasteiger partial charge in [-0.2, -0.15) is 0 Å². The van der Waals surface area contributed by atoms with Crippen LogP contribution < -0.4 is 10.2 Å². The zero-order chi connectivity index (χ0) is 19.8. The van der Waals surface area contributed by atoms with Gasteiger partial charge in [-0.1, -0.05) is 36.4 Å². The molecule has 2 aromatic rings. The minimum atomic E-state index is 0.252. The van der Waals surface area contributed by atoms with E-state index in [1.807, 2.05) is 12.3 Å². The summed E-state index contributed by atoms with van der Waals surface area (Å²) in [4.78, 5) is 13.9. The maximum atomic E-state index is 5.61. The Morgan fingerprint density at radius 2 is 2.07 bits per heavy atom. The lowest BCUT2D eigenvalue weighted by atomic mass is 10.2. The van der Waals surface area contributed by atoms with E-state index >= 15 is 0 Å². The molecule has 1 saturated heterocycles. The van der Waals surface area contributed by atoms with Crippen molar-refractivity contribution in [3.8, 4) is 0 Å². The van der Waals surface area contributed by atoms with Gasteiger partial charge in [0.1, 0.15) is 5.82 Å². The molecule has 0 aliphatic carbocycles. The Balaban J connectivity index is 1.62. The Kier molecular flexibility index (Phi) is 7.25. The fourth-order valence-electron chi connectivity index (χ4n) is 3.29. The molecule has 6 heteroatoms. The summed E-state index contributed by atoms with van der Waals surface area (Å²) in [5.41, 5.74) is 2.37. The van der Waals surface area contributed by atoms with Crippen LogP contribution in [-0.2, 0) is 17.8 Å². The number of guanidine groups is 1. The molecule has 150 valence electrons. The fraction of sp³-hybridized carbons (Fsp3) is 0.455. The molecule has 6 nitrogen and oxygen atoms in total.